The van der Waals surface area contributed by atoms with Crippen molar-refractivity contribution in [2.45, 2.75) is 4.90 Å². The standard InChI is InChI=1S/C20H15N3O6S/c24-20(16-5-4-6-17(13-16)23(25)26)29-18-11-9-15(10-12-18)14-21-22-30(27,28)19-7-2-1-3-8-19/h1-14,22H/b21-14-. The average molecular weight is 425 g/mol. The predicted octanol–water partition coefficient (Wildman–Crippen LogP) is 3.13. The minimum atomic E-state index is -3.76. The molecule has 0 amide bonds. The molecule has 0 aliphatic carbocycles. The summed E-state index contributed by atoms with van der Waals surface area (Å²) in [7, 11) is -3.76. The van der Waals surface area contributed by atoms with Gasteiger partial charge in [-0.2, -0.15) is 13.5 Å². The number of carbonyl (C=O) groups excluding carboxylic acids is 1. The third-order valence-electron chi connectivity index (χ3n) is 3.82. The molecule has 3 rings (SSSR count). The zero-order chi connectivity index (χ0) is 21.6. The first-order chi connectivity index (χ1) is 14.3. The summed E-state index contributed by atoms with van der Waals surface area (Å²) in [5.41, 5.74) is 0.389. The van der Waals surface area contributed by atoms with Crippen LogP contribution in [0.1, 0.15) is 15.9 Å². The van der Waals surface area contributed by atoms with Crippen LogP contribution >= 0.6 is 0 Å². The van der Waals surface area contributed by atoms with Gasteiger partial charge in [-0.25, -0.2) is 9.63 Å². The second-order valence-electron chi connectivity index (χ2n) is 5.93. The number of hydrazone groups is 1. The summed E-state index contributed by atoms with van der Waals surface area (Å²) in [4.78, 5) is 24.5. The number of nitro benzene ring substituents is 1. The van der Waals surface area contributed by atoms with E-state index in [1.54, 1.807) is 30.3 Å². The summed E-state index contributed by atoms with van der Waals surface area (Å²) in [6.45, 7) is 0. The number of ether oxygens (including phenoxy) is 1. The molecule has 3 aromatic carbocycles. The van der Waals surface area contributed by atoms with E-state index in [0.717, 1.165) is 6.07 Å². The van der Waals surface area contributed by atoms with Crippen molar-refractivity contribution in [3.05, 3.63) is 100 Å². The zero-order valence-corrected chi connectivity index (χ0v) is 16.2. The molecule has 152 valence electrons. The zero-order valence-electron chi connectivity index (χ0n) is 15.3. The van der Waals surface area contributed by atoms with E-state index in [1.165, 1.54) is 48.7 Å². The van der Waals surface area contributed by atoms with Crippen molar-refractivity contribution in [2.24, 2.45) is 5.10 Å². The summed E-state index contributed by atoms with van der Waals surface area (Å²) in [6, 6.07) is 19.1. The summed E-state index contributed by atoms with van der Waals surface area (Å²) in [5, 5.41) is 14.5. The maximum absolute atomic E-state index is 12.1. The van der Waals surface area contributed by atoms with Gasteiger partial charge in [-0.1, -0.05) is 24.3 Å². The molecule has 0 unspecified atom stereocenters. The van der Waals surface area contributed by atoms with Gasteiger partial charge >= 0.3 is 5.97 Å². The monoisotopic (exact) mass is 425 g/mol. The SMILES string of the molecule is O=C(Oc1ccc(/C=N\NS(=O)(=O)c2ccccc2)cc1)c1cccc([N+](=O)[O-])c1. The number of nitrogens with zero attached hydrogens (tertiary/aromatic N) is 2. The fourth-order valence-corrected chi connectivity index (χ4v) is 3.17. The number of hydrogen-bond donors (Lipinski definition) is 1. The van der Waals surface area contributed by atoms with Crippen LogP contribution < -0.4 is 9.57 Å². The van der Waals surface area contributed by atoms with Crippen LogP contribution in [0.2, 0.25) is 0 Å². The van der Waals surface area contributed by atoms with Crippen LogP contribution in [-0.2, 0) is 10.0 Å². The molecule has 0 aliphatic rings. The Morgan fingerprint density at radius 3 is 2.37 bits per heavy atom. The minimum absolute atomic E-state index is 0.0464. The molecule has 0 aliphatic heterocycles. The number of esters is 1. The van der Waals surface area contributed by atoms with Gasteiger partial charge in [-0.05, 0) is 48.0 Å². The van der Waals surface area contributed by atoms with E-state index < -0.39 is 20.9 Å². The van der Waals surface area contributed by atoms with Gasteiger partial charge in [-0.3, -0.25) is 10.1 Å². The van der Waals surface area contributed by atoms with Crippen molar-refractivity contribution in [2.75, 3.05) is 0 Å². The molecule has 0 radical (unpaired) electrons. The first kappa shape index (κ1) is 20.7. The Hall–Kier alpha value is -4.05. The molecule has 1 N–H and O–H groups in total. The predicted molar refractivity (Wildman–Crippen MR) is 109 cm³/mol. The van der Waals surface area contributed by atoms with E-state index in [0.29, 0.717) is 5.56 Å². The van der Waals surface area contributed by atoms with Crippen molar-refractivity contribution in [3.8, 4) is 5.75 Å². The number of hydrogen-bond acceptors (Lipinski definition) is 7. The lowest BCUT2D eigenvalue weighted by Gasteiger charge is -2.05. The second kappa shape index (κ2) is 8.97. The van der Waals surface area contributed by atoms with E-state index in [1.807, 2.05) is 0 Å². The van der Waals surface area contributed by atoms with Crippen molar-refractivity contribution in [1.29, 1.82) is 0 Å². The van der Waals surface area contributed by atoms with E-state index in [2.05, 4.69) is 9.93 Å². The molecule has 0 saturated heterocycles. The van der Waals surface area contributed by atoms with Gasteiger partial charge in [0.05, 0.1) is 21.6 Å². The molecule has 0 heterocycles. The highest BCUT2D eigenvalue weighted by Crippen LogP contribution is 2.17. The highest BCUT2D eigenvalue weighted by Gasteiger charge is 2.14. The Morgan fingerprint density at radius 2 is 1.70 bits per heavy atom. The largest absolute Gasteiger partial charge is 0.423 e. The summed E-state index contributed by atoms with van der Waals surface area (Å²) < 4.78 is 29.3. The number of nitro groups is 1. The van der Waals surface area contributed by atoms with Gasteiger partial charge in [-0.15, -0.1) is 0 Å². The third kappa shape index (κ3) is 5.26. The molecule has 10 heteroatoms. The van der Waals surface area contributed by atoms with E-state index in [9.17, 15) is 23.3 Å². The van der Waals surface area contributed by atoms with Crippen LogP contribution in [-0.4, -0.2) is 25.5 Å². The van der Waals surface area contributed by atoms with Crippen molar-refractivity contribution in [1.82, 2.24) is 4.83 Å². The van der Waals surface area contributed by atoms with E-state index in [-0.39, 0.29) is 21.9 Å². The van der Waals surface area contributed by atoms with Crippen LogP contribution in [0.5, 0.6) is 5.75 Å². The molecule has 0 aromatic heterocycles. The minimum Gasteiger partial charge on any atom is -0.423 e. The fourth-order valence-electron chi connectivity index (χ4n) is 2.36. The van der Waals surface area contributed by atoms with Crippen molar-refractivity contribution in [3.63, 3.8) is 0 Å². The molecule has 0 spiro atoms. The Balaban J connectivity index is 1.62. The van der Waals surface area contributed by atoms with Crippen molar-refractivity contribution < 1.29 is 22.9 Å². The van der Waals surface area contributed by atoms with Gasteiger partial charge in [0.15, 0.2) is 0 Å². The van der Waals surface area contributed by atoms with Crippen LogP contribution in [0.3, 0.4) is 0 Å². The maximum atomic E-state index is 12.1. The van der Waals surface area contributed by atoms with Crippen LogP contribution in [0, 0.1) is 10.1 Å². The molecule has 9 nitrogen and oxygen atoms in total. The highest BCUT2D eigenvalue weighted by molar-refractivity contribution is 7.89. The number of carbonyl (C=O) groups is 1. The molecule has 0 saturated carbocycles. The molecule has 30 heavy (non-hydrogen) atoms. The van der Waals surface area contributed by atoms with E-state index >= 15 is 0 Å². The van der Waals surface area contributed by atoms with Gasteiger partial charge in [0.2, 0.25) is 0 Å². The number of sulfonamides is 1. The summed E-state index contributed by atoms with van der Waals surface area (Å²) >= 11 is 0. The maximum Gasteiger partial charge on any atom is 0.343 e. The van der Waals surface area contributed by atoms with Gasteiger partial charge < -0.3 is 4.74 Å². The lowest BCUT2D eigenvalue weighted by molar-refractivity contribution is -0.384. The lowest BCUT2D eigenvalue weighted by atomic mass is 10.2. The van der Waals surface area contributed by atoms with Gasteiger partial charge in [0, 0.05) is 12.1 Å². The summed E-state index contributed by atoms with van der Waals surface area (Å²) in [5.74, 6) is -0.524. The van der Waals surface area contributed by atoms with Crippen molar-refractivity contribution >= 4 is 27.9 Å². The van der Waals surface area contributed by atoms with Gasteiger partial charge in [0.25, 0.3) is 15.7 Å². The first-order valence-electron chi connectivity index (χ1n) is 8.52. The van der Waals surface area contributed by atoms with Gasteiger partial charge in [0.1, 0.15) is 5.75 Å². The fraction of sp³-hybridized carbons (Fsp3) is 0. The number of non-ortho nitro benzene ring substituents is 1. The molecule has 0 bridgehead atoms. The van der Waals surface area contributed by atoms with Crippen LogP contribution in [0.15, 0.2) is 88.9 Å². The van der Waals surface area contributed by atoms with E-state index in [4.69, 9.17) is 4.74 Å². The molecule has 0 atom stereocenters. The molecule has 3 aromatic rings. The smallest absolute Gasteiger partial charge is 0.343 e. The second-order valence-corrected chi connectivity index (χ2v) is 7.59. The topological polar surface area (TPSA) is 128 Å². The average Bonchev–Trinajstić information content (AvgIpc) is 2.75. The first-order valence-corrected chi connectivity index (χ1v) is 10.00. The Kier molecular flexibility index (Phi) is 6.18. The number of rotatable bonds is 7. The molecular formula is C20H15N3O6S. The van der Waals surface area contributed by atoms with Crippen LogP contribution in [0.25, 0.3) is 0 Å². The Bertz CT molecular complexity index is 1190. The summed E-state index contributed by atoms with van der Waals surface area (Å²) in [6.07, 6.45) is 1.30. The normalized spacial score (nSPS) is 11.2. The lowest BCUT2D eigenvalue weighted by Crippen LogP contribution is -2.18. The quantitative estimate of drug-likeness (QED) is 0.204. The third-order valence-corrected chi connectivity index (χ3v) is 5.06. The Morgan fingerprint density at radius 1 is 1.00 bits per heavy atom. The molecular weight excluding hydrogens is 410 g/mol. The number of benzene rings is 3. The van der Waals surface area contributed by atoms with Crippen LogP contribution in [0.4, 0.5) is 5.69 Å². The molecule has 0 fully saturated rings. The highest BCUT2D eigenvalue weighted by atomic mass is 32.2. The Labute approximate surface area is 171 Å². The number of nitrogens with one attached hydrogen (secondary N) is 1.